The zero-order chi connectivity index (χ0) is 15.0. The molecule has 0 heterocycles. The van der Waals surface area contributed by atoms with Crippen LogP contribution >= 0.6 is 0 Å². The fourth-order valence-corrected chi connectivity index (χ4v) is 1.87. The summed E-state index contributed by atoms with van der Waals surface area (Å²) in [6, 6.07) is 7.32. The van der Waals surface area contributed by atoms with E-state index in [-0.39, 0.29) is 11.9 Å². The molecule has 110 valence electrons. The van der Waals surface area contributed by atoms with E-state index >= 15 is 0 Å². The molecule has 0 amide bonds. The number of carbonyl (C=O) groups is 2. The van der Waals surface area contributed by atoms with Gasteiger partial charge in [-0.15, -0.1) is 0 Å². The van der Waals surface area contributed by atoms with Gasteiger partial charge in [0.1, 0.15) is 0 Å². The topological polar surface area (TPSA) is 55.8 Å². The van der Waals surface area contributed by atoms with E-state index < -0.39 is 0 Å². The number of methoxy groups -OCH3 is 2. The number of carbonyl (C=O) groups excluding carboxylic acids is 2. The Kier molecular flexibility index (Phi) is 6.73. The molecule has 20 heavy (non-hydrogen) atoms. The molecule has 0 aromatic heterocycles. The minimum absolute atomic E-state index is 0.216. The van der Waals surface area contributed by atoms with Gasteiger partial charge in [0.15, 0.2) is 0 Å². The van der Waals surface area contributed by atoms with Crippen LogP contribution < -0.4 is 0 Å². The van der Waals surface area contributed by atoms with E-state index in [1.807, 2.05) is 25.1 Å². The highest BCUT2D eigenvalue weighted by atomic mass is 16.5. The van der Waals surface area contributed by atoms with Crippen LogP contribution in [0.4, 0.5) is 0 Å². The Balaban J connectivity index is 2.65. The third-order valence-corrected chi connectivity index (χ3v) is 3.06. The van der Waals surface area contributed by atoms with Crippen molar-refractivity contribution in [1.82, 2.24) is 4.90 Å². The summed E-state index contributed by atoms with van der Waals surface area (Å²) in [7, 11) is 2.75. The number of hydrogen-bond donors (Lipinski definition) is 0. The molecule has 0 unspecified atom stereocenters. The van der Waals surface area contributed by atoms with Crippen molar-refractivity contribution in [3.8, 4) is 0 Å². The first-order chi connectivity index (χ1) is 9.60. The van der Waals surface area contributed by atoms with Crippen LogP contribution in [-0.4, -0.2) is 44.1 Å². The maximum Gasteiger partial charge on any atom is 0.337 e. The van der Waals surface area contributed by atoms with E-state index in [1.54, 1.807) is 6.07 Å². The summed E-state index contributed by atoms with van der Waals surface area (Å²) in [5, 5.41) is 0. The average molecular weight is 279 g/mol. The molecule has 5 heteroatoms. The minimum Gasteiger partial charge on any atom is -0.469 e. The Hall–Kier alpha value is -1.88. The fourth-order valence-electron chi connectivity index (χ4n) is 1.87. The van der Waals surface area contributed by atoms with Gasteiger partial charge in [-0.1, -0.05) is 19.1 Å². The molecule has 0 atom stereocenters. The van der Waals surface area contributed by atoms with Gasteiger partial charge in [-0.2, -0.15) is 0 Å². The molecule has 0 saturated carbocycles. The van der Waals surface area contributed by atoms with Crippen LogP contribution in [0.25, 0.3) is 0 Å². The highest BCUT2D eigenvalue weighted by Crippen LogP contribution is 2.10. The van der Waals surface area contributed by atoms with Crippen molar-refractivity contribution >= 4 is 11.9 Å². The normalized spacial score (nSPS) is 10.4. The molecule has 0 N–H and O–H groups in total. The van der Waals surface area contributed by atoms with Crippen molar-refractivity contribution in [1.29, 1.82) is 0 Å². The Morgan fingerprint density at radius 1 is 1.20 bits per heavy atom. The lowest BCUT2D eigenvalue weighted by molar-refractivity contribution is -0.141. The van der Waals surface area contributed by atoms with Crippen molar-refractivity contribution in [2.45, 2.75) is 19.9 Å². The van der Waals surface area contributed by atoms with Gasteiger partial charge >= 0.3 is 11.9 Å². The molecule has 0 spiro atoms. The summed E-state index contributed by atoms with van der Waals surface area (Å²) in [5.74, 6) is -0.559. The SMILES string of the molecule is CCN(CCC(=O)OC)Cc1cccc(C(=O)OC)c1. The third-order valence-electron chi connectivity index (χ3n) is 3.06. The smallest absolute Gasteiger partial charge is 0.337 e. The summed E-state index contributed by atoms with van der Waals surface area (Å²) in [5.41, 5.74) is 1.55. The van der Waals surface area contributed by atoms with Gasteiger partial charge in [-0.25, -0.2) is 4.79 Å². The van der Waals surface area contributed by atoms with Crippen LogP contribution in [-0.2, 0) is 20.8 Å². The summed E-state index contributed by atoms with van der Waals surface area (Å²) < 4.78 is 9.34. The predicted octanol–water partition coefficient (Wildman–Crippen LogP) is 1.86. The van der Waals surface area contributed by atoms with Gasteiger partial charge in [0.05, 0.1) is 26.2 Å². The van der Waals surface area contributed by atoms with Crippen LogP contribution in [0.2, 0.25) is 0 Å². The number of ether oxygens (including phenoxy) is 2. The first-order valence-electron chi connectivity index (χ1n) is 6.57. The van der Waals surface area contributed by atoms with E-state index in [9.17, 15) is 9.59 Å². The summed E-state index contributed by atoms with van der Waals surface area (Å²) in [4.78, 5) is 24.8. The lowest BCUT2D eigenvalue weighted by Crippen LogP contribution is -2.26. The molecule has 0 saturated heterocycles. The van der Waals surface area contributed by atoms with Crippen molar-refractivity contribution < 1.29 is 19.1 Å². The Morgan fingerprint density at radius 2 is 1.95 bits per heavy atom. The molecule has 0 fully saturated rings. The van der Waals surface area contributed by atoms with E-state index in [4.69, 9.17) is 4.74 Å². The van der Waals surface area contributed by atoms with Crippen LogP contribution in [0.3, 0.4) is 0 Å². The van der Waals surface area contributed by atoms with E-state index in [0.717, 1.165) is 12.1 Å². The number of rotatable bonds is 7. The van der Waals surface area contributed by atoms with Crippen LogP contribution in [0.15, 0.2) is 24.3 Å². The molecular formula is C15H21NO4. The number of esters is 2. The van der Waals surface area contributed by atoms with Crippen LogP contribution in [0.5, 0.6) is 0 Å². The van der Waals surface area contributed by atoms with Crippen LogP contribution in [0.1, 0.15) is 29.3 Å². The first kappa shape index (κ1) is 16.2. The van der Waals surface area contributed by atoms with Crippen molar-refractivity contribution in [2.75, 3.05) is 27.3 Å². The summed E-state index contributed by atoms with van der Waals surface area (Å²) in [6.45, 7) is 4.16. The molecule has 0 bridgehead atoms. The van der Waals surface area contributed by atoms with Gasteiger partial charge < -0.3 is 9.47 Å². The predicted molar refractivity (Wildman–Crippen MR) is 75.4 cm³/mol. The highest BCUT2D eigenvalue weighted by Gasteiger charge is 2.10. The second-order valence-electron chi connectivity index (χ2n) is 4.39. The Morgan fingerprint density at radius 3 is 2.55 bits per heavy atom. The molecule has 0 aliphatic rings. The summed E-state index contributed by atoms with van der Waals surface area (Å²) in [6.07, 6.45) is 0.362. The van der Waals surface area contributed by atoms with Gasteiger partial charge in [0.2, 0.25) is 0 Å². The number of hydrogen-bond acceptors (Lipinski definition) is 5. The Bertz CT molecular complexity index is 459. The largest absolute Gasteiger partial charge is 0.469 e. The molecule has 0 aliphatic heterocycles. The van der Waals surface area contributed by atoms with Gasteiger partial charge in [0.25, 0.3) is 0 Å². The molecular weight excluding hydrogens is 258 g/mol. The Labute approximate surface area is 119 Å². The van der Waals surface area contributed by atoms with E-state index in [0.29, 0.717) is 25.1 Å². The van der Waals surface area contributed by atoms with Crippen molar-refractivity contribution in [3.63, 3.8) is 0 Å². The molecule has 1 aromatic rings. The van der Waals surface area contributed by atoms with E-state index in [1.165, 1.54) is 14.2 Å². The van der Waals surface area contributed by atoms with E-state index in [2.05, 4.69) is 9.64 Å². The van der Waals surface area contributed by atoms with Gasteiger partial charge in [0, 0.05) is 13.1 Å². The monoisotopic (exact) mass is 279 g/mol. The summed E-state index contributed by atoms with van der Waals surface area (Å²) >= 11 is 0. The third kappa shape index (κ3) is 5.01. The molecule has 1 rings (SSSR count). The van der Waals surface area contributed by atoms with Crippen molar-refractivity contribution in [3.05, 3.63) is 35.4 Å². The minimum atomic E-state index is -0.343. The number of nitrogens with zero attached hydrogens (tertiary/aromatic N) is 1. The molecule has 1 aromatic carbocycles. The maximum atomic E-state index is 11.5. The fraction of sp³-hybridized carbons (Fsp3) is 0.467. The quantitative estimate of drug-likeness (QED) is 0.713. The van der Waals surface area contributed by atoms with Crippen LogP contribution in [0, 0.1) is 0 Å². The zero-order valence-electron chi connectivity index (χ0n) is 12.2. The highest BCUT2D eigenvalue weighted by molar-refractivity contribution is 5.89. The number of benzene rings is 1. The molecule has 0 aliphatic carbocycles. The lowest BCUT2D eigenvalue weighted by Gasteiger charge is -2.20. The molecule has 5 nitrogen and oxygen atoms in total. The maximum absolute atomic E-state index is 11.5. The standard InChI is InChI=1S/C15H21NO4/c1-4-16(9-8-14(17)19-2)11-12-6-5-7-13(10-12)15(18)20-3/h5-7,10H,4,8-9,11H2,1-3H3. The second kappa shape index (κ2) is 8.32. The average Bonchev–Trinajstić information content (AvgIpc) is 2.50. The first-order valence-corrected chi connectivity index (χ1v) is 6.57. The van der Waals surface area contributed by atoms with Crippen molar-refractivity contribution in [2.24, 2.45) is 0 Å². The van der Waals surface area contributed by atoms with Gasteiger partial charge in [-0.05, 0) is 24.2 Å². The zero-order valence-corrected chi connectivity index (χ0v) is 12.2. The second-order valence-corrected chi connectivity index (χ2v) is 4.39. The molecule has 0 radical (unpaired) electrons. The lowest BCUT2D eigenvalue weighted by atomic mass is 10.1. The van der Waals surface area contributed by atoms with Gasteiger partial charge in [-0.3, -0.25) is 9.69 Å².